The van der Waals surface area contributed by atoms with Gasteiger partial charge in [0.2, 0.25) is 0 Å². The van der Waals surface area contributed by atoms with Crippen LogP contribution in [0.15, 0.2) is 158 Å². The summed E-state index contributed by atoms with van der Waals surface area (Å²) in [5, 5.41) is 0. The van der Waals surface area contributed by atoms with Crippen LogP contribution in [0.2, 0.25) is 0 Å². The van der Waals surface area contributed by atoms with E-state index in [9.17, 15) is 14.4 Å². The molecule has 0 spiro atoms. The molecule has 0 saturated heterocycles. The molecule has 0 amide bonds. The smallest absolute Gasteiger partial charge is 0.306 e. The van der Waals surface area contributed by atoms with E-state index in [-0.39, 0.29) is 37.5 Å². The molecule has 0 N–H and O–H groups in total. The van der Waals surface area contributed by atoms with Crippen molar-refractivity contribution in [2.75, 3.05) is 13.2 Å². The highest BCUT2D eigenvalue weighted by Crippen LogP contribution is 2.12. The van der Waals surface area contributed by atoms with E-state index in [0.717, 1.165) is 122 Å². The van der Waals surface area contributed by atoms with Crippen molar-refractivity contribution in [2.24, 2.45) is 0 Å². The molecule has 0 fully saturated rings. The van der Waals surface area contributed by atoms with Gasteiger partial charge in [-0.15, -0.1) is 0 Å². The monoisotopic (exact) mass is 921 g/mol. The Kier molecular flexibility index (Phi) is 49.7. The summed E-state index contributed by atoms with van der Waals surface area (Å²) in [5.41, 5.74) is 0. The van der Waals surface area contributed by atoms with Crippen molar-refractivity contribution < 1.29 is 28.6 Å². The molecule has 0 aromatic carbocycles. The largest absolute Gasteiger partial charge is 0.462 e. The number of hydrogen-bond donors (Lipinski definition) is 0. The molecule has 0 bridgehead atoms. The molecule has 0 aliphatic heterocycles. The van der Waals surface area contributed by atoms with Gasteiger partial charge in [-0.05, 0) is 96.3 Å². The Morgan fingerprint density at radius 2 is 0.657 bits per heavy atom. The zero-order chi connectivity index (χ0) is 48.6. The van der Waals surface area contributed by atoms with Crippen molar-refractivity contribution in [3.8, 4) is 0 Å². The van der Waals surface area contributed by atoms with Crippen molar-refractivity contribution in [1.29, 1.82) is 0 Å². The van der Waals surface area contributed by atoms with Crippen molar-refractivity contribution in [1.82, 2.24) is 0 Å². The average molecular weight is 921 g/mol. The molecule has 0 heterocycles. The van der Waals surface area contributed by atoms with Crippen molar-refractivity contribution in [2.45, 2.75) is 194 Å². The topological polar surface area (TPSA) is 78.9 Å². The SMILES string of the molecule is CC\C=C/C=C\C=C/C=C\C=C\C=C/CCCCCC(=O)OC(COC(=O)CCCCCC/C=C\C/C=C\C/C=C\CC)COC(=O)CCCCCCC\C=C/C=C\C=C/C=C\CCCCC. The molecule has 1 atom stereocenters. The maximum absolute atomic E-state index is 12.8. The minimum Gasteiger partial charge on any atom is -0.462 e. The predicted molar refractivity (Wildman–Crippen MR) is 288 cm³/mol. The molecule has 6 nitrogen and oxygen atoms in total. The van der Waals surface area contributed by atoms with Gasteiger partial charge < -0.3 is 14.2 Å². The zero-order valence-corrected chi connectivity index (χ0v) is 42.3. The second-order valence-corrected chi connectivity index (χ2v) is 16.6. The number of esters is 3. The Labute approximate surface area is 409 Å². The second-order valence-electron chi connectivity index (χ2n) is 16.6. The molecule has 372 valence electrons. The van der Waals surface area contributed by atoms with Gasteiger partial charge in [-0.25, -0.2) is 0 Å². The van der Waals surface area contributed by atoms with E-state index in [1.54, 1.807) is 0 Å². The Hall–Kier alpha value is -4.97. The van der Waals surface area contributed by atoms with Crippen LogP contribution in [0.5, 0.6) is 0 Å². The number of allylic oxidation sites excluding steroid dienone is 26. The fourth-order valence-corrected chi connectivity index (χ4v) is 6.38. The first-order valence-electron chi connectivity index (χ1n) is 26.1. The van der Waals surface area contributed by atoms with Gasteiger partial charge in [-0.3, -0.25) is 14.4 Å². The van der Waals surface area contributed by atoms with Crippen LogP contribution in [0.4, 0.5) is 0 Å². The van der Waals surface area contributed by atoms with E-state index in [1.807, 2.05) is 60.8 Å². The molecule has 67 heavy (non-hydrogen) atoms. The number of ether oxygens (including phenoxy) is 3. The van der Waals surface area contributed by atoms with Gasteiger partial charge in [0.1, 0.15) is 13.2 Å². The molecular formula is C61H92O6. The van der Waals surface area contributed by atoms with Crippen molar-refractivity contribution in [3.63, 3.8) is 0 Å². The van der Waals surface area contributed by atoms with Crippen LogP contribution in [0.1, 0.15) is 188 Å². The third kappa shape index (κ3) is 51.9. The first-order chi connectivity index (χ1) is 33.0. The van der Waals surface area contributed by atoms with Crippen molar-refractivity contribution >= 4 is 17.9 Å². The molecule has 1 unspecified atom stereocenters. The summed E-state index contributed by atoms with van der Waals surface area (Å²) in [6, 6.07) is 0. The van der Waals surface area contributed by atoms with E-state index < -0.39 is 6.10 Å². The lowest BCUT2D eigenvalue weighted by molar-refractivity contribution is -0.167. The number of carbonyl (C=O) groups excluding carboxylic acids is 3. The maximum Gasteiger partial charge on any atom is 0.306 e. The van der Waals surface area contributed by atoms with Gasteiger partial charge in [0.15, 0.2) is 6.10 Å². The Morgan fingerprint density at radius 1 is 0.328 bits per heavy atom. The van der Waals surface area contributed by atoms with Crippen LogP contribution >= 0.6 is 0 Å². The van der Waals surface area contributed by atoms with Crippen LogP contribution in [-0.2, 0) is 28.6 Å². The second kappa shape index (κ2) is 53.6. The minimum absolute atomic E-state index is 0.124. The first kappa shape index (κ1) is 62.0. The van der Waals surface area contributed by atoms with Gasteiger partial charge in [0.25, 0.3) is 0 Å². The molecule has 0 aliphatic carbocycles. The zero-order valence-electron chi connectivity index (χ0n) is 42.3. The van der Waals surface area contributed by atoms with Crippen LogP contribution in [0.3, 0.4) is 0 Å². The molecule has 0 aliphatic rings. The third-order valence-corrected chi connectivity index (χ3v) is 10.3. The molecule has 0 rings (SSSR count). The quantitative estimate of drug-likeness (QED) is 0.0199. The van der Waals surface area contributed by atoms with Gasteiger partial charge in [0.05, 0.1) is 0 Å². The molecule has 6 heteroatoms. The van der Waals surface area contributed by atoms with Crippen LogP contribution in [0.25, 0.3) is 0 Å². The van der Waals surface area contributed by atoms with Gasteiger partial charge in [0, 0.05) is 19.3 Å². The molecule has 0 radical (unpaired) electrons. The Balaban J connectivity index is 4.61. The van der Waals surface area contributed by atoms with Crippen LogP contribution in [-0.4, -0.2) is 37.2 Å². The fraction of sp³-hybridized carbons (Fsp3) is 0.525. The van der Waals surface area contributed by atoms with E-state index in [1.165, 1.54) is 19.3 Å². The number of unbranched alkanes of at least 4 members (excludes halogenated alkanes) is 15. The highest BCUT2D eigenvalue weighted by atomic mass is 16.6. The summed E-state index contributed by atoms with van der Waals surface area (Å²) in [6.07, 6.45) is 77.9. The first-order valence-corrected chi connectivity index (χ1v) is 26.1. The fourth-order valence-electron chi connectivity index (χ4n) is 6.38. The van der Waals surface area contributed by atoms with Crippen molar-refractivity contribution in [3.05, 3.63) is 158 Å². The third-order valence-electron chi connectivity index (χ3n) is 10.3. The van der Waals surface area contributed by atoms with E-state index in [0.29, 0.717) is 19.3 Å². The molecular weight excluding hydrogens is 829 g/mol. The standard InChI is InChI=1S/C61H92O6/c1-4-7-10-13-16-19-22-25-28-30-32-33-36-39-42-45-48-51-54-60(63)66-57-58(56-65-59(62)53-50-47-44-41-38-35-27-24-21-18-15-12-9-6-3)67-61(64)55-52-49-46-43-40-37-34-31-29-26-23-20-17-14-11-8-5-2/h8-9,11-12,14,16-23,25-35,37,40,58H,4-7,10,13,15,24,36,38-39,41-57H2,1-3H3/b11-8-,12-9-,17-14-,19-16-,21-18-,23-20-,25-22-,29-26-,30-28-,33-32-,34-31+,35-27-,40-37-. The molecule has 0 aromatic heterocycles. The number of carbonyl (C=O) groups is 3. The normalized spacial score (nSPS) is 13.4. The van der Waals surface area contributed by atoms with Gasteiger partial charge >= 0.3 is 17.9 Å². The molecule has 0 aromatic rings. The lowest BCUT2D eigenvalue weighted by atomic mass is 10.1. The minimum atomic E-state index is -0.829. The lowest BCUT2D eigenvalue weighted by Gasteiger charge is -2.18. The average Bonchev–Trinajstić information content (AvgIpc) is 3.33. The summed E-state index contributed by atoms with van der Waals surface area (Å²) in [5.74, 6) is -1.02. The highest BCUT2D eigenvalue weighted by Gasteiger charge is 2.19. The molecule has 0 saturated carbocycles. The summed E-state index contributed by atoms with van der Waals surface area (Å²) >= 11 is 0. The summed E-state index contributed by atoms with van der Waals surface area (Å²) in [4.78, 5) is 38.0. The predicted octanol–water partition coefficient (Wildman–Crippen LogP) is 17.4. The van der Waals surface area contributed by atoms with Gasteiger partial charge in [-0.1, -0.05) is 230 Å². The summed E-state index contributed by atoms with van der Waals surface area (Å²) in [6.45, 7) is 6.23. The number of hydrogen-bond acceptors (Lipinski definition) is 6. The summed E-state index contributed by atoms with van der Waals surface area (Å²) in [7, 11) is 0. The van der Waals surface area contributed by atoms with E-state index in [4.69, 9.17) is 14.2 Å². The highest BCUT2D eigenvalue weighted by molar-refractivity contribution is 5.71. The summed E-state index contributed by atoms with van der Waals surface area (Å²) < 4.78 is 16.7. The van der Waals surface area contributed by atoms with E-state index in [2.05, 4.69) is 118 Å². The Bertz CT molecular complexity index is 1570. The van der Waals surface area contributed by atoms with Crippen LogP contribution < -0.4 is 0 Å². The number of rotatable bonds is 44. The lowest BCUT2D eigenvalue weighted by Crippen LogP contribution is -2.30. The Morgan fingerprint density at radius 3 is 1.10 bits per heavy atom. The maximum atomic E-state index is 12.8. The van der Waals surface area contributed by atoms with Crippen LogP contribution in [0, 0.1) is 0 Å². The van der Waals surface area contributed by atoms with E-state index >= 15 is 0 Å². The van der Waals surface area contributed by atoms with Gasteiger partial charge in [-0.2, -0.15) is 0 Å².